The van der Waals surface area contributed by atoms with E-state index in [0.29, 0.717) is 17.2 Å². The SMILES string of the molecule is CC[Si](CC)(CC)C1OCc2sc(N)c(C(=O)OC(C)(C)C)c2C1CO. The summed E-state index contributed by atoms with van der Waals surface area (Å²) in [5.74, 6) is -0.607. The van der Waals surface area contributed by atoms with Crippen molar-refractivity contribution < 1.29 is 19.4 Å². The molecule has 26 heavy (non-hydrogen) atoms. The molecule has 0 aliphatic carbocycles. The van der Waals surface area contributed by atoms with E-state index in [0.717, 1.165) is 28.6 Å². The van der Waals surface area contributed by atoms with Gasteiger partial charge in [-0.25, -0.2) is 4.79 Å². The van der Waals surface area contributed by atoms with Crippen molar-refractivity contribution in [2.75, 3.05) is 12.3 Å². The fourth-order valence-corrected chi connectivity index (χ4v) is 9.45. The minimum absolute atomic E-state index is 0.00446. The number of esters is 1. The molecule has 1 aromatic rings. The quantitative estimate of drug-likeness (QED) is 0.550. The lowest BCUT2D eigenvalue weighted by Gasteiger charge is -2.43. The van der Waals surface area contributed by atoms with Crippen LogP contribution < -0.4 is 5.73 Å². The number of aliphatic hydroxyl groups excluding tert-OH is 1. The zero-order valence-electron chi connectivity index (χ0n) is 16.8. The van der Waals surface area contributed by atoms with Crippen molar-refractivity contribution in [3.8, 4) is 0 Å². The van der Waals surface area contributed by atoms with Gasteiger partial charge in [0.1, 0.15) is 10.6 Å². The number of carbonyl (C=O) groups is 1. The van der Waals surface area contributed by atoms with Crippen LogP contribution in [0.2, 0.25) is 18.1 Å². The second-order valence-electron chi connectivity index (χ2n) is 8.12. The second kappa shape index (κ2) is 8.00. The highest BCUT2D eigenvalue weighted by molar-refractivity contribution is 7.16. The summed E-state index contributed by atoms with van der Waals surface area (Å²) in [7, 11) is -1.73. The van der Waals surface area contributed by atoms with E-state index in [4.69, 9.17) is 15.2 Å². The smallest absolute Gasteiger partial charge is 0.341 e. The van der Waals surface area contributed by atoms with Crippen LogP contribution >= 0.6 is 11.3 Å². The molecule has 2 atom stereocenters. The van der Waals surface area contributed by atoms with E-state index in [-0.39, 0.29) is 18.3 Å². The first-order chi connectivity index (χ1) is 12.1. The maximum atomic E-state index is 12.8. The van der Waals surface area contributed by atoms with Crippen LogP contribution in [0.25, 0.3) is 0 Å². The number of hydrogen-bond donors (Lipinski definition) is 2. The maximum absolute atomic E-state index is 12.8. The maximum Gasteiger partial charge on any atom is 0.341 e. The van der Waals surface area contributed by atoms with E-state index in [1.54, 1.807) is 0 Å². The van der Waals surface area contributed by atoms with Crippen LogP contribution in [0.4, 0.5) is 5.00 Å². The monoisotopic (exact) mass is 399 g/mol. The Labute approximate surface area is 161 Å². The summed E-state index contributed by atoms with van der Waals surface area (Å²) < 4.78 is 11.9. The van der Waals surface area contributed by atoms with Crippen LogP contribution in [0.15, 0.2) is 0 Å². The molecule has 3 N–H and O–H groups in total. The van der Waals surface area contributed by atoms with Crippen molar-refractivity contribution in [3.05, 3.63) is 16.0 Å². The predicted molar refractivity (Wildman–Crippen MR) is 110 cm³/mol. The summed E-state index contributed by atoms with van der Waals surface area (Å²) in [6, 6.07) is 3.29. The number of nitrogen functional groups attached to an aromatic ring is 1. The zero-order chi connectivity index (χ0) is 19.7. The normalized spacial score (nSPS) is 20.7. The zero-order valence-corrected chi connectivity index (χ0v) is 18.7. The predicted octanol–water partition coefficient (Wildman–Crippen LogP) is 4.31. The Morgan fingerprint density at radius 1 is 1.31 bits per heavy atom. The van der Waals surface area contributed by atoms with Gasteiger partial charge in [-0.15, -0.1) is 11.3 Å². The van der Waals surface area contributed by atoms with Gasteiger partial charge in [0.25, 0.3) is 0 Å². The van der Waals surface area contributed by atoms with Gasteiger partial charge >= 0.3 is 5.97 Å². The van der Waals surface area contributed by atoms with Crippen LogP contribution in [-0.2, 0) is 16.1 Å². The van der Waals surface area contributed by atoms with Crippen LogP contribution in [-0.4, -0.2) is 37.1 Å². The van der Waals surface area contributed by atoms with Gasteiger partial charge < -0.3 is 20.3 Å². The summed E-state index contributed by atoms with van der Waals surface area (Å²) in [6.07, 6.45) is 0. The molecule has 1 aliphatic heterocycles. The number of nitrogens with two attached hydrogens (primary N) is 1. The summed E-state index contributed by atoms with van der Waals surface area (Å²) in [5, 5.41) is 10.7. The van der Waals surface area contributed by atoms with Crippen molar-refractivity contribution in [1.29, 1.82) is 0 Å². The van der Waals surface area contributed by atoms with E-state index in [1.807, 2.05) is 20.8 Å². The highest BCUT2D eigenvalue weighted by Gasteiger charge is 2.47. The molecule has 2 unspecified atom stereocenters. The van der Waals surface area contributed by atoms with E-state index >= 15 is 0 Å². The van der Waals surface area contributed by atoms with E-state index in [1.165, 1.54) is 11.3 Å². The van der Waals surface area contributed by atoms with E-state index < -0.39 is 19.6 Å². The molecule has 2 heterocycles. The molecule has 2 rings (SSSR count). The molecule has 148 valence electrons. The third kappa shape index (κ3) is 3.86. The molecule has 0 bridgehead atoms. The summed E-state index contributed by atoms with van der Waals surface area (Å²) in [6.45, 7) is 12.6. The third-order valence-electron chi connectivity index (χ3n) is 5.70. The molecule has 0 aromatic carbocycles. The van der Waals surface area contributed by atoms with Gasteiger partial charge in [0.15, 0.2) is 0 Å². The molecule has 0 fully saturated rings. The lowest BCUT2D eigenvalue weighted by molar-refractivity contribution is 0.00603. The van der Waals surface area contributed by atoms with Crippen LogP contribution in [0, 0.1) is 0 Å². The van der Waals surface area contributed by atoms with Crippen LogP contribution in [0.3, 0.4) is 0 Å². The largest absolute Gasteiger partial charge is 0.456 e. The Balaban J connectivity index is 2.52. The lowest BCUT2D eigenvalue weighted by Crippen LogP contribution is -2.53. The minimum atomic E-state index is -1.73. The first kappa shape index (κ1) is 21.4. The summed E-state index contributed by atoms with van der Waals surface area (Å²) in [5.41, 5.74) is 6.92. The lowest BCUT2D eigenvalue weighted by atomic mass is 9.94. The number of rotatable bonds is 6. The van der Waals surface area contributed by atoms with Crippen LogP contribution in [0.1, 0.15) is 68.3 Å². The Bertz CT molecular complexity index is 640. The molecular weight excluding hydrogens is 366 g/mol. The van der Waals surface area contributed by atoms with E-state index in [9.17, 15) is 9.90 Å². The average molecular weight is 400 g/mol. The number of fused-ring (bicyclic) bond motifs is 1. The first-order valence-corrected chi connectivity index (χ1v) is 13.0. The summed E-state index contributed by atoms with van der Waals surface area (Å²) in [4.78, 5) is 13.8. The third-order valence-corrected chi connectivity index (χ3v) is 12.7. The van der Waals surface area contributed by atoms with Gasteiger partial charge in [0.05, 0.1) is 32.6 Å². The Morgan fingerprint density at radius 3 is 2.35 bits per heavy atom. The highest BCUT2D eigenvalue weighted by Crippen LogP contribution is 2.46. The molecule has 0 saturated carbocycles. The van der Waals surface area contributed by atoms with Crippen molar-refractivity contribution in [3.63, 3.8) is 0 Å². The Morgan fingerprint density at radius 2 is 1.88 bits per heavy atom. The molecule has 0 radical (unpaired) electrons. The van der Waals surface area contributed by atoms with E-state index in [2.05, 4.69) is 20.8 Å². The number of carbonyl (C=O) groups excluding carboxylic acids is 1. The first-order valence-electron chi connectivity index (χ1n) is 9.50. The molecule has 5 nitrogen and oxygen atoms in total. The average Bonchev–Trinajstić information content (AvgIpc) is 2.91. The topological polar surface area (TPSA) is 81.8 Å². The molecule has 0 saturated heterocycles. The highest BCUT2D eigenvalue weighted by atomic mass is 32.1. The van der Waals surface area contributed by atoms with Gasteiger partial charge in [-0.2, -0.15) is 0 Å². The fraction of sp³-hybridized carbons (Fsp3) is 0.737. The van der Waals surface area contributed by atoms with Gasteiger partial charge in [-0.1, -0.05) is 38.9 Å². The second-order valence-corrected chi connectivity index (χ2v) is 14.7. The Kier molecular flexibility index (Phi) is 6.59. The molecule has 1 aliphatic rings. The molecule has 0 spiro atoms. The number of aliphatic hydroxyl groups is 1. The number of ether oxygens (including phenoxy) is 2. The number of anilines is 1. The molecule has 0 amide bonds. The fourth-order valence-electron chi connectivity index (χ4n) is 4.13. The number of hydrogen-bond acceptors (Lipinski definition) is 6. The van der Waals surface area contributed by atoms with Gasteiger partial charge in [0.2, 0.25) is 0 Å². The van der Waals surface area contributed by atoms with Crippen molar-refractivity contribution in [1.82, 2.24) is 0 Å². The molecular formula is C19H33NO4SSi. The van der Waals surface area contributed by atoms with Crippen molar-refractivity contribution in [2.24, 2.45) is 0 Å². The molecule has 1 aromatic heterocycles. The van der Waals surface area contributed by atoms with Gasteiger partial charge in [-0.3, -0.25) is 0 Å². The van der Waals surface area contributed by atoms with Crippen LogP contribution in [0.5, 0.6) is 0 Å². The van der Waals surface area contributed by atoms with Gasteiger partial charge in [0, 0.05) is 10.8 Å². The van der Waals surface area contributed by atoms with Crippen molar-refractivity contribution >= 4 is 30.4 Å². The van der Waals surface area contributed by atoms with Crippen molar-refractivity contribution in [2.45, 2.75) is 83.5 Å². The Hall–Kier alpha value is -0.893. The van der Waals surface area contributed by atoms with Gasteiger partial charge in [-0.05, 0) is 26.3 Å². The minimum Gasteiger partial charge on any atom is -0.456 e. The summed E-state index contributed by atoms with van der Waals surface area (Å²) >= 11 is 1.38. The standard InChI is InChI=1S/C19H33NO4SSi/c1-7-26(8-2,9-3)18-12(10-21)14-13(11-23-18)25-16(20)15(14)17(22)24-19(4,5)6/h12,18,21H,7-11,20H2,1-6H3. The molecule has 7 heteroatoms. The number of thiophene rings is 1.